The van der Waals surface area contributed by atoms with E-state index < -0.39 is 0 Å². The summed E-state index contributed by atoms with van der Waals surface area (Å²) >= 11 is 0. The molecule has 0 aliphatic carbocycles. The Labute approximate surface area is 149 Å². The van der Waals surface area contributed by atoms with Gasteiger partial charge in [0.2, 0.25) is 0 Å². The minimum atomic E-state index is -0.212. The van der Waals surface area contributed by atoms with Crippen LogP contribution in [0.25, 0.3) is 16.6 Å². The van der Waals surface area contributed by atoms with Gasteiger partial charge in [-0.25, -0.2) is 9.50 Å². The van der Waals surface area contributed by atoms with E-state index in [9.17, 15) is 4.79 Å². The lowest BCUT2D eigenvalue weighted by molar-refractivity contribution is 0.268. The van der Waals surface area contributed by atoms with Gasteiger partial charge in [-0.2, -0.15) is 5.26 Å². The Balaban J connectivity index is 1.60. The molecule has 4 rings (SSSR count). The molecule has 0 fully saturated rings. The first-order chi connectivity index (χ1) is 12.7. The number of hydrogen-bond acceptors (Lipinski definition) is 4. The van der Waals surface area contributed by atoms with E-state index >= 15 is 0 Å². The number of nitrogens with one attached hydrogen (secondary N) is 2. The topological polar surface area (TPSA) is 93.0 Å². The highest BCUT2D eigenvalue weighted by Crippen LogP contribution is 2.16. The summed E-state index contributed by atoms with van der Waals surface area (Å²) in [6.45, 7) is 4.21. The van der Waals surface area contributed by atoms with Crippen molar-refractivity contribution < 1.29 is 0 Å². The van der Waals surface area contributed by atoms with Gasteiger partial charge in [-0.3, -0.25) is 14.8 Å². The summed E-state index contributed by atoms with van der Waals surface area (Å²) in [5.41, 5.74) is 3.52. The maximum Gasteiger partial charge on any atom is 0.272 e. The van der Waals surface area contributed by atoms with Gasteiger partial charge in [0, 0.05) is 37.1 Å². The van der Waals surface area contributed by atoms with Gasteiger partial charge in [0.05, 0.1) is 5.69 Å². The summed E-state index contributed by atoms with van der Waals surface area (Å²) in [5.74, 6) is 0. The van der Waals surface area contributed by atoms with Crippen LogP contribution < -0.4 is 5.56 Å². The summed E-state index contributed by atoms with van der Waals surface area (Å²) < 4.78 is 1.29. The van der Waals surface area contributed by atoms with Crippen LogP contribution >= 0.6 is 0 Å². The number of benzene rings is 1. The molecule has 0 radical (unpaired) electrons. The summed E-state index contributed by atoms with van der Waals surface area (Å²) in [4.78, 5) is 22.1. The standard InChI is InChI=1S/C19H18N6O/c1-2-24(11-13-3-4-17-14(7-13)5-6-21-17)12-16-8-18(26)25-19(23-16)15(9-20)10-22-25/h3-8,10,21-22H,2,11-12H2,1H3. The van der Waals surface area contributed by atoms with E-state index in [0.717, 1.165) is 18.6 Å². The van der Waals surface area contributed by atoms with Crippen molar-refractivity contribution in [1.29, 1.82) is 5.26 Å². The van der Waals surface area contributed by atoms with E-state index in [1.54, 1.807) is 0 Å². The fourth-order valence-corrected chi connectivity index (χ4v) is 3.16. The van der Waals surface area contributed by atoms with Gasteiger partial charge in [0.25, 0.3) is 5.56 Å². The molecule has 1 aromatic carbocycles. The highest BCUT2D eigenvalue weighted by Gasteiger charge is 2.12. The second kappa shape index (κ2) is 6.50. The van der Waals surface area contributed by atoms with Gasteiger partial charge in [-0.1, -0.05) is 13.0 Å². The number of nitrogens with zero attached hydrogens (tertiary/aromatic N) is 4. The Morgan fingerprint density at radius 3 is 2.96 bits per heavy atom. The third-order valence-corrected chi connectivity index (χ3v) is 4.53. The smallest absolute Gasteiger partial charge is 0.272 e. The normalized spacial score (nSPS) is 11.4. The summed E-state index contributed by atoms with van der Waals surface area (Å²) in [5, 5.41) is 13.1. The molecular weight excluding hydrogens is 328 g/mol. The minimum absolute atomic E-state index is 0.212. The predicted molar refractivity (Wildman–Crippen MR) is 98.6 cm³/mol. The number of hydrogen-bond donors (Lipinski definition) is 2. The molecule has 0 aliphatic rings. The number of H-pyrrole nitrogens is 2. The molecule has 0 bridgehead atoms. The van der Waals surface area contributed by atoms with Crippen LogP contribution in [0.5, 0.6) is 0 Å². The zero-order valence-electron chi connectivity index (χ0n) is 14.4. The van der Waals surface area contributed by atoms with Crippen molar-refractivity contribution >= 4 is 16.6 Å². The Morgan fingerprint density at radius 1 is 1.27 bits per heavy atom. The molecule has 7 nitrogen and oxygen atoms in total. The van der Waals surface area contributed by atoms with Crippen LogP contribution in [0.2, 0.25) is 0 Å². The van der Waals surface area contributed by atoms with Crippen molar-refractivity contribution in [3.63, 3.8) is 0 Å². The third kappa shape index (κ3) is 2.87. The van der Waals surface area contributed by atoms with Gasteiger partial charge < -0.3 is 4.98 Å². The summed E-state index contributed by atoms with van der Waals surface area (Å²) in [7, 11) is 0. The largest absolute Gasteiger partial charge is 0.361 e. The van der Waals surface area contributed by atoms with Gasteiger partial charge in [0.15, 0.2) is 5.65 Å². The number of nitriles is 1. The lowest BCUT2D eigenvalue weighted by Crippen LogP contribution is -2.25. The van der Waals surface area contributed by atoms with Gasteiger partial charge in [-0.05, 0) is 35.7 Å². The van der Waals surface area contributed by atoms with Gasteiger partial charge in [0.1, 0.15) is 11.6 Å². The van der Waals surface area contributed by atoms with Crippen LogP contribution in [0.3, 0.4) is 0 Å². The molecule has 0 aliphatic heterocycles. The minimum Gasteiger partial charge on any atom is -0.361 e. The molecule has 0 atom stereocenters. The van der Waals surface area contributed by atoms with Crippen molar-refractivity contribution in [2.75, 3.05) is 6.54 Å². The number of fused-ring (bicyclic) bond motifs is 2. The zero-order valence-corrected chi connectivity index (χ0v) is 14.4. The molecule has 7 heteroatoms. The number of aromatic nitrogens is 4. The predicted octanol–water partition coefficient (Wildman–Crippen LogP) is 2.40. The van der Waals surface area contributed by atoms with Crippen molar-refractivity contribution in [2.24, 2.45) is 0 Å². The van der Waals surface area contributed by atoms with E-state index in [4.69, 9.17) is 5.26 Å². The molecular formula is C19H18N6O. The second-order valence-electron chi connectivity index (χ2n) is 6.25. The van der Waals surface area contributed by atoms with Crippen LogP contribution in [0.4, 0.5) is 0 Å². The van der Waals surface area contributed by atoms with Crippen LogP contribution in [-0.4, -0.2) is 31.0 Å². The van der Waals surface area contributed by atoms with Crippen molar-refractivity contribution in [3.05, 3.63) is 69.9 Å². The average molecular weight is 346 g/mol. The molecule has 3 aromatic heterocycles. The van der Waals surface area contributed by atoms with E-state index in [1.165, 1.54) is 27.7 Å². The molecule has 0 saturated carbocycles. The molecule has 3 heterocycles. The van der Waals surface area contributed by atoms with Crippen LogP contribution in [0, 0.1) is 11.3 Å². The molecule has 0 amide bonds. The van der Waals surface area contributed by atoms with Crippen molar-refractivity contribution in [2.45, 2.75) is 20.0 Å². The molecule has 0 spiro atoms. The van der Waals surface area contributed by atoms with E-state index in [1.807, 2.05) is 6.20 Å². The van der Waals surface area contributed by atoms with Crippen LogP contribution in [0.1, 0.15) is 23.7 Å². The Hall–Kier alpha value is -3.37. The maximum absolute atomic E-state index is 12.2. The van der Waals surface area contributed by atoms with Crippen molar-refractivity contribution in [1.82, 2.24) is 24.5 Å². The maximum atomic E-state index is 12.2. The summed E-state index contributed by atoms with van der Waals surface area (Å²) in [6.07, 6.45) is 3.43. The SMILES string of the molecule is CCN(Cc1ccc2[nH]ccc2c1)Cc1cc(=O)n2[nH]cc(C#N)c2n1. The summed E-state index contributed by atoms with van der Waals surface area (Å²) in [6, 6.07) is 12.0. The van der Waals surface area contributed by atoms with Crippen LogP contribution in [-0.2, 0) is 13.1 Å². The molecule has 0 saturated heterocycles. The average Bonchev–Trinajstić information content (AvgIpc) is 3.27. The van der Waals surface area contributed by atoms with Crippen molar-refractivity contribution in [3.8, 4) is 6.07 Å². The third-order valence-electron chi connectivity index (χ3n) is 4.53. The van der Waals surface area contributed by atoms with Gasteiger partial charge >= 0.3 is 0 Å². The molecule has 2 N–H and O–H groups in total. The first-order valence-electron chi connectivity index (χ1n) is 8.46. The number of rotatable bonds is 5. The Morgan fingerprint density at radius 2 is 2.15 bits per heavy atom. The first-order valence-corrected chi connectivity index (χ1v) is 8.46. The van der Waals surface area contributed by atoms with E-state index in [0.29, 0.717) is 23.4 Å². The quantitative estimate of drug-likeness (QED) is 0.580. The zero-order chi connectivity index (χ0) is 18.1. The first kappa shape index (κ1) is 16.1. The molecule has 4 aromatic rings. The molecule has 130 valence electrons. The monoisotopic (exact) mass is 346 g/mol. The van der Waals surface area contributed by atoms with E-state index in [-0.39, 0.29) is 5.56 Å². The fraction of sp³-hybridized carbons (Fsp3) is 0.211. The lowest BCUT2D eigenvalue weighted by atomic mass is 10.1. The Kier molecular flexibility index (Phi) is 4.03. The van der Waals surface area contributed by atoms with E-state index in [2.05, 4.69) is 57.2 Å². The van der Waals surface area contributed by atoms with Gasteiger partial charge in [-0.15, -0.1) is 0 Å². The van der Waals surface area contributed by atoms with Crippen LogP contribution in [0.15, 0.2) is 47.5 Å². The molecule has 26 heavy (non-hydrogen) atoms. The highest BCUT2D eigenvalue weighted by atomic mass is 16.1. The molecule has 0 unspecified atom stereocenters. The second-order valence-corrected chi connectivity index (χ2v) is 6.25. The number of aromatic amines is 2. The highest BCUT2D eigenvalue weighted by molar-refractivity contribution is 5.79. The fourth-order valence-electron chi connectivity index (χ4n) is 3.16. The lowest BCUT2D eigenvalue weighted by Gasteiger charge is -2.20. The Bertz CT molecular complexity index is 1180.